The normalized spacial score (nSPS) is 17.9. The van der Waals surface area contributed by atoms with Gasteiger partial charge in [0.1, 0.15) is 10.8 Å². The van der Waals surface area contributed by atoms with Crippen molar-refractivity contribution < 1.29 is 14.3 Å². The van der Waals surface area contributed by atoms with Crippen LogP contribution in [-0.2, 0) is 4.79 Å². The highest BCUT2D eigenvalue weighted by atomic mass is 35.5. The van der Waals surface area contributed by atoms with Gasteiger partial charge in [-0.25, -0.2) is 9.37 Å². The summed E-state index contributed by atoms with van der Waals surface area (Å²) in [5.74, 6) is -0.523. The first-order valence-electron chi connectivity index (χ1n) is 10.4. The summed E-state index contributed by atoms with van der Waals surface area (Å²) in [7, 11) is 0. The molecule has 0 atom stereocenters. The molecule has 9 nitrogen and oxygen atoms in total. The van der Waals surface area contributed by atoms with E-state index in [1.165, 1.54) is 24.4 Å². The lowest BCUT2D eigenvalue weighted by Gasteiger charge is -2.25. The number of aliphatic hydroxyl groups is 1. The molecule has 11 heteroatoms. The molecule has 1 aliphatic rings. The molecule has 2 aromatic heterocycles. The highest BCUT2D eigenvalue weighted by Gasteiger charge is 2.21. The maximum Gasteiger partial charge on any atom is 0.247 e. The molecule has 172 valence electrons. The van der Waals surface area contributed by atoms with Crippen molar-refractivity contribution in [3.63, 3.8) is 0 Å². The van der Waals surface area contributed by atoms with Crippen molar-refractivity contribution in [1.82, 2.24) is 19.7 Å². The van der Waals surface area contributed by atoms with E-state index in [-0.39, 0.29) is 34.6 Å². The molecule has 33 heavy (non-hydrogen) atoms. The van der Waals surface area contributed by atoms with Gasteiger partial charge in [0.2, 0.25) is 11.9 Å². The Morgan fingerprint density at radius 1 is 1.21 bits per heavy atom. The molecule has 4 rings (SSSR count). The molecule has 3 aromatic rings. The van der Waals surface area contributed by atoms with Gasteiger partial charge >= 0.3 is 0 Å². The Bertz CT molecular complexity index is 1160. The van der Waals surface area contributed by atoms with Crippen LogP contribution in [0.25, 0.3) is 0 Å². The molecule has 0 radical (unpaired) electrons. The quantitative estimate of drug-likeness (QED) is 0.373. The molecule has 1 amide bonds. The summed E-state index contributed by atoms with van der Waals surface area (Å²) in [5, 5.41) is 22.8. The summed E-state index contributed by atoms with van der Waals surface area (Å²) in [6, 6.07) is 4.31. The van der Waals surface area contributed by atoms with Crippen LogP contribution < -0.4 is 16.0 Å². The SMILES string of the molecule is C=CC(=O)Nc1ccc(F)c(Nc2nc(Nc3cnn(C4CCC(O)CC4)c3)ncc2Cl)c1. The maximum absolute atomic E-state index is 14.3. The smallest absolute Gasteiger partial charge is 0.247 e. The lowest BCUT2D eigenvalue weighted by molar-refractivity contribution is -0.111. The van der Waals surface area contributed by atoms with E-state index in [1.807, 2.05) is 10.9 Å². The summed E-state index contributed by atoms with van der Waals surface area (Å²) in [5.41, 5.74) is 1.15. The minimum atomic E-state index is -0.547. The number of halogens is 2. The fraction of sp³-hybridized carbons (Fsp3) is 0.273. The Balaban J connectivity index is 1.48. The van der Waals surface area contributed by atoms with Crippen molar-refractivity contribution in [2.45, 2.75) is 37.8 Å². The van der Waals surface area contributed by atoms with Gasteiger partial charge in [-0.1, -0.05) is 18.2 Å². The summed E-state index contributed by atoms with van der Waals surface area (Å²) in [6.45, 7) is 3.39. The maximum atomic E-state index is 14.3. The van der Waals surface area contributed by atoms with E-state index in [1.54, 1.807) is 6.20 Å². The first-order valence-corrected chi connectivity index (χ1v) is 10.8. The lowest BCUT2D eigenvalue weighted by Crippen LogP contribution is -2.21. The van der Waals surface area contributed by atoms with Gasteiger partial charge in [0, 0.05) is 11.9 Å². The van der Waals surface area contributed by atoms with Gasteiger partial charge in [-0.05, 0) is 50.0 Å². The second-order valence-electron chi connectivity index (χ2n) is 7.70. The van der Waals surface area contributed by atoms with Crippen LogP contribution in [0.3, 0.4) is 0 Å². The van der Waals surface area contributed by atoms with Crippen LogP contribution in [0.5, 0.6) is 0 Å². The van der Waals surface area contributed by atoms with Gasteiger partial charge in [-0.3, -0.25) is 9.48 Å². The predicted octanol–water partition coefficient (Wildman–Crippen LogP) is 4.55. The van der Waals surface area contributed by atoms with E-state index in [2.05, 4.69) is 37.6 Å². The van der Waals surface area contributed by atoms with Gasteiger partial charge < -0.3 is 21.1 Å². The molecule has 0 unspecified atom stereocenters. The number of aromatic nitrogens is 4. The molecule has 0 spiro atoms. The lowest BCUT2D eigenvalue weighted by atomic mass is 9.93. The number of nitrogens with one attached hydrogen (secondary N) is 3. The highest BCUT2D eigenvalue weighted by molar-refractivity contribution is 6.32. The van der Waals surface area contributed by atoms with E-state index >= 15 is 0 Å². The number of aliphatic hydroxyl groups excluding tert-OH is 1. The molecule has 1 fully saturated rings. The van der Waals surface area contributed by atoms with Crippen molar-refractivity contribution in [1.29, 1.82) is 0 Å². The van der Waals surface area contributed by atoms with Crippen LogP contribution in [0, 0.1) is 5.82 Å². The van der Waals surface area contributed by atoms with Crippen LogP contribution in [-0.4, -0.2) is 36.9 Å². The van der Waals surface area contributed by atoms with E-state index in [9.17, 15) is 14.3 Å². The zero-order valence-electron chi connectivity index (χ0n) is 17.6. The molecule has 2 heterocycles. The average molecular weight is 472 g/mol. The van der Waals surface area contributed by atoms with Crippen LogP contribution in [0.15, 0.2) is 49.4 Å². The van der Waals surface area contributed by atoms with Crippen LogP contribution in [0.1, 0.15) is 31.7 Å². The van der Waals surface area contributed by atoms with Crippen molar-refractivity contribution in [3.8, 4) is 0 Å². The van der Waals surface area contributed by atoms with Crippen LogP contribution in [0.2, 0.25) is 5.02 Å². The minimum Gasteiger partial charge on any atom is -0.393 e. The number of hydrogen-bond acceptors (Lipinski definition) is 7. The van der Waals surface area contributed by atoms with E-state index < -0.39 is 11.7 Å². The zero-order valence-corrected chi connectivity index (χ0v) is 18.4. The third-order valence-corrected chi connectivity index (χ3v) is 5.59. The summed E-state index contributed by atoms with van der Waals surface area (Å²) >= 11 is 6.21. The second-order valence-corrected chi connectivity index (χ2v) is 8.11. The molecular weight excluding hydrogens is 449 g/mol. The van der Waals surface area contributed by atoms with E-state index in [0.29, 0.717) is 11.4 Å². The monoisotopic (exact) mass is 471 g/mol. The molecule has 4 N–H and O–H groups in total. The van der Waals surface area contributed by atoms with Gasteiger partial charge in [0.25, 0.3) is 0 Å². The fourth-order valence-electron chi connectivity index (χ4n) is 3.59. The number of carbonyl (C=O) groups excluding carboxylic acids is 1. The molecule has 0 aliphatic heterocycles. The summed E-state index contributed by atoms with van der Waals surface area (Å²) in [4.78, 5) is 20.0. The Morgan fingerprint density at radius 2 is 2.00 bits per heavy atom. The standard InChI is InChI=1S/C22H23ClFN7O2/c1-2-20(33)27-13-3-8-18(24)19(9-13)29-21-17(23)11-25-22(30-21)28-14-10-26-31(12-14)15-4-6-16(32)7-5-15/h2-3,8-12,15-16,32H,1,4-7H2,(H,27,33)(H2,25,28,29,30). The molecule has 1 saturated carbocycles. The summed E-state index contributed by atoms with van der Waals surface area (Å²) < 4.78 is 16.2. The number of carbonyl (C=O) groups is 1. The van der Waals surface area contributed by atoms with Crippen molar-refractivity contribution >= 4 is 46.3 Å². The van der Waals surface area contributed by atoms with Crippen LogP contribution in [0.4, 0.5) is 33.2 Å². The van der Waals surface area contributed by atoms with Gasteiger partial charge in [0.05, 0.1) is 35.9 Å². The fourth-order valence-corrected chi connectivity index (χ4v) is 3.73. The Labute approximate surface area is 194 Å². The molecule has 0 bridgehead atoms. The molecule has 1 aromatic carbocycles. The molecule has 1 aliphatic carbocycles. The number of rotatable bonds is 7. The molecular formula is C22H23ClFN7O2. The number of hydrogen-bond donors (Lipinski definition) is 4. The second kappa shape index (κ2) is 9.97. The number of amides is 1. The van der Waals surface area contributed by atoms with Gasteiger partial charge in [-0.15, -0.1) is 0 Å². The third kappa shape index (κ3) is 5.65. The van der Waals surface area contributed by atoms with Gasteiger partial charge in [0.15, 0.2) is 5.82 Å². The highest BCUT2D eigenvalue weighted by Crippen LogP contribution is 2.30. The van der Waals surface area contributed by atoms with Crippen molar-refractivity contribution in [2.75, 3.05) is 16.0 Å². The number of anilines is 5. The Kier molecular flexibility index (Phi) is 6.85. The largest absolute Gasteiger partial charge is 0.393 e. The third-order valence-electron chi connectivity index (χ3n) is 5.31. The van der Waals surface area contributed by atoms with Crippen molar-refractivity contribution in [3.05, 3.63) is 60.3 Å². The number of nitrogens with zero attached hydrogens (tertiary/aromatic N) is 4. The zero-order chi connectivity index (χ0) is 23.4. The van der Waals surface area contributed by atoms with E-state index in [0.717, 1.165) is 31.8 Å². The Hall–Kier alpha value is -3.50. The predicted molar refractivity (Wildman–Crippen MR) is 125 cm³/mol. The van der Waals surface area contributed by atoms with E-state index in [4.69, 9.17) is 11.6 Å². The Morgan fingerprint density at radius 3 is 2.76 bits per heavy atom. The van der Waals surface area contributed by atoms with Crippen molar-refractivity contribution in [2.24, 2.45) is 0 Å². The molecule has 0 saturated heterocycles. The average Bonchev–Trinajstić information content (AvgIpc) is 3.27. The summed E-state index contributed by atoms with van der Waals surface area (Å²) in [6.07, 6.45) is 9.07. The van der Waals surface area contributed by atoms with Gasteiger partial charge in [-0.2, -0.15) is 10.1 Å². The van der Waals surface area contributed by atoms with Crippen LogP contribution >= 0.6 is 11.6 Å². The first kappa shape index (κ1) is 22.7. The first-order chi connectivity index (χ1) is 15.9. The minimum absolute atomic E-state index is 0.0794. The number of benzene rings is 1. The topological polar surface area (TPSA) is 117 Å².